The van der Waals surface area contributed by atoms with Crippen LogP contribution in [-0.2, 0) is 17.6 Å². The molecule has 0 spiro atoms. The topological polar surface area (TPSA) is 81.8 Å². The molecule has 1 atom stereocenters. The lowest BCUT2D eigenvalue weighted by Crippen LogP contribution is -2.43. The Hall–Kier alpha value is -3.28. The molecular weight excluding hydrogens is 442 g/mol. The zero-order chi connectivity index (χ0) is 24.8. The minimum absolute atomic E-state index is 0.235. The van der Waals surface area contributed by atoms with E-state index < -0.39 is 11.6 Å². The van der Waals surface area contributed by atoms with Crippen molar-refractivity contribution in [2.45, 2.75) is 77.2 Å². The fraction of sp³-hybridized carbons (Fsp3) is 0.448. The van der Waals surface area contributed by atoms with Crippen LogP contribution in [-0.4, -0.2) is 28.3 Å². The fourth-order valence-corrected chi connectivity index (χ4v) is 4.63. The molecule has 1 aliphatic rings. The number of carbonyl (C=O) groups is 1. The molecule has 1 aliphatic carbocycles. The van der Waals surface area contributed by atoms with Crippen LogP contribution < -0.4 is 9.47 Å². The van der Waals surface area contributed by atoms with Crippen molar-refractivity contribution in [2.24, 2.45) is 0 Å². The van der Waals surface area contributed by atoms with Crippen molar-refractivity contribution >= 4 is 5.97 Å². The van der Waals surface area contributed by atoms with Crippen molar-refractivity contribution in [3.05, 3.63) is 77.0 Å². The maximum absolute atomic E-state index is 12.1. The van der Waals surface area contributed by atoms with E-state index >= 15 is 0 Å². The van der Waals surface area contributed by atoms with E-state index in [9.17, 15) is 9.90 Å². The highest BCUT2D eigenvalue weighted by Gasteiger charge is 2.36. The Balaban J connectivity index is 1.33. The zero-order valence-corrected chi connectivity index (χ0v) is 20.9. The van der Waals surface area contributed by atoms with Gasteiger partial charge in [0.2, 0.25) is 5.60 Å². The minimum Gasteiger partial charge on any atom is -0.493 e. The lowest BCUT2D eigenvalue weighted by Gasteiger charge is -2.27. The number of rotatable bonds is 10. The Morgan fingerprint density at radius 3 is 2.49 bits per heavy atom. The summed E-state index contributed by atoms with van der Waals surface area (Å²) in [5.74, 6) is 2.53. The third-order valence-electron chi connectivity index (χ3n) is 6.82. The van der Waals surface area contributed by atoms with Crippen molar-refractivity contribution in [3.8, 4) is 11.5 Å². The number of hydrogen-bond donors (Lipinski definition) is 1. The predicted molar refractivity (Wildman–Crippen MR) is 134 cm³/mol. The Morgan fingerprint density at radius 1 is 1.09 bits per heavy atom. The summed E-state index contributed by atoms with van der Waals surface area (Å²) in [4.78, 5) is 16.8. The molecule has 1 aromatic heterocycles. The van der Waals surface area contributed by atoms with Crippen LogP contribution >= 0.6 is 0 Å². The van der Waals surface area contributed by atoms with E-state index in [1.807, 2.05) is 56.3 Å². The van der Waals surface area contributed by atoms with E-state index in [1.54, 1.807) is 13.0 Å². The van der Waals surface area contributed by atoms with Crippen LogP contribution in [0.1, 0.15) is 73.4 Å². The van der Waals surface area contributed by atoms with Gasteiger partial charge in [-0.2, -0.15) is 0 Å². The van der Waals surface area contributed by atoms with Crippen molar-refractivity contribution in [2.75, 3.05) is 6.61 Å². The number of benzene rings is 2. The molecule has 1 N–H and O–H groups in total. The van der Waals surface area contributed by atoms with Gasteiger partial charge in [0.1, 0.15) is 17.3 Å². The molecule has 0 radical (unpaired) electrons. The molecule has 1 unspecified atom stereocenters. The highest BCUT2D eigenvalue weighted by atomic mass is 16.5. The van der Waals surface area contributed by atoms with Crippen LogP contribution in [0, 0.1) is 13.8 Å². The van der Waals surface area contributed by atoms with Gasteiger partial charge in [-0.15, -0.1) is 0 Å². The molecule has 4 rings (SSSR count). The minimum atomic E-state index is -1.38. The lowest BCUT2D eigenvalue weighted by atomic mass is 9.89. The maximum Gasteiger partial charge on any atom is 0.348 e. The van der Waals surface area contributed by atoms with Gasteiger partial charge in [0, 0.05) is 18.8 Å². The molecule has 1 fully saturated rings. The molecule has 6 nitrogen and oxygen atoms in total. The Bertz CT molecular complexity index is 1130. The summed E-state index contributed by atoms with van der Waals surface area (Å²) in [7, 11) is 0. The summed E-state index contributed by atoms with van der Waals surface area (Å²) >= 11 is 0. The average Bonchev–Trinajstić information content (AvgIpc) is 3.22. The number of aryl methyl sites for hydroxylation is 2. The second-order valence-electron chi connectivity index (χ2n) is 9.71. The van der Waals surface area contributed by atoms with Gasteiger partial charge in [-0.25, -0.2) is 9.78 Å². The maximum atomic E-state index is 12.1. The van der Waals surface area contributed by atoms with Crippen LogP contribution in [0.2, 0.25) is 0 Å². The van der Waals surface area contributed by atoms with Gasteiger partial charge in [-0.3, -0.25) is 0 Å². The molecule has 0 amide bonds. The third-order valence-corrected chi connectivity index (χ3v) is 6.82. The van der Waals surface area contributed by atoms with Gasteiger partial charge in [0.15, 0.2) is 5.89 Å². The molecule has 0 saturated heterocycles. The summed E-state index contributed by atoms with van der Waals surface area (Å²) in [6.45, 7) is 5.98. The first-order valence-corrected chi connectivity index (χ1v) is 12.5. The third kappa shape index (κ3) is 6.24. The van der Waals surface area contributed by atoms with Crippen LogP contribution in [0.5, 0.6) is 11.5 Å². The molecular formula is C29H35NO5. The fourth-order valence-electron chi connectivity index (χ4n) is 4.63. The van der Waals surface area contributed by atoms with Gasteiger partial charge in [-0.1, -0.05) is 49.6 Å². The largest absolute Gasteiger partial charge is 0.493 e. The van der Waals surface area contributed by atoms with Crippen LogP contribution in [0.4, 0.5) is 0 Å². The van der Waals surface area contributed by atoms with Gasteiger partial charge in [-0.05, 0) is 62.9 Å². The molecule has 35 heavy (non-hydrogen) atoms. The molecule has 0 aliphatic heterocycles. The number of aliphatic carboxylic acids is 1. The summed E-state index contributed by atoms with van der Waals surface area (Å²) in [6, 6.07) is 15.0. The first-order valence-electron chi connectivity index (χ1n) is 12.5. The number of hydrogen-bond acceptors (Lipinski definition) is 5. The van der Waals surface area contributed by atoms with Crippen molar-refractivity contribution in [3.63, 3.8) is 0 Å². The highest BCUT2D eigenvalue weighted by Crippen LogP contribution is 2.33. The molecule has 2 aromatic carbocycles. The summed E-state index contributed by atoms with van der Waals surface area (Å²) < 4.78 is 17.8. The van der Waals surface area contributed by atoms with Gasteiger partial charge in [0.05, 0.1) is 12.3 Å². The monoisotopic (exact) mass is 477 g/mol. The van der Waals surface area contributed by atoms with E-state index in [2.05, 4.69) is 0 Å². The lowest BCUT2D eigenvalue weighted by molar-refractivity contribution is -0.153. The van der Waals surface area contributed by atoms with E-state index in [1.165, 1.54) is 32.1 Å². The average molecular weight is 478 g/mol. The number of nitrogens with zero attached hydrogens (tertiary/aromatic N) is 1. The number of aromatic nitrogens is 1. The SMILES string of the molecule is Cc1ccccc1OC(C)(Cc1ccc(OCCc2nc(C3CCCCC3)oc2C)cc1)C(=O)O. The van der Waals surface area contributed by atoms with E-state index in [4.69, 9.17) is 18.9 Å². The Morgan fingerprint density at radius 2 is 1.80 bits per heavy atom. The molecule has 3 aromatic rings. The van der Waals surface area contributed by atoms with Crippen molar-refractivity contribution in [1.82, 2.24) is 4.98 Å². The van der Waals surface area contributed by atoms with Crippen molar-refractivity contribution < 1.29 is 23.8 Å². The van der Waals surface area contributed by atoms with Crippen LogP contribution in [0.15, 0.2) is 52.9 Å². The van der Waals surface area contributed by atoms with E-state index in [0.29, 0.717) is 24.7 Å². The molecule has 186 valence electrons. The van der Waals surface area contributed by atoms with Gasteiger partial charge >= 0.3 is 5.97 Å². The van der Waals surface area contributed by atoms with Crippen LogP contribution in [0.25, 0.3) is 0 Å². The second kappa shape index (κ2) is 11.0. The molecule has 0 bridgehead atoms. The second-order valence-corrected chi connectivity index (χ2v) is 9.71. The number of carboxylic acids is 1. The summed E-state index contributed by atoms with van der Waals surface area (Å²) in [5.41, 5.74) is 1.35. The number of para-hydroxylation sites is 1. The Kier molecular flexibility index (Phi) is 7.79. The smallest absolute Gasteiger partial charge is 0.348 e. The van der Waals surface area contributed by atoms with Gasteiger partial charge < -0.3 is 19.0 Å². The van der Waals surface area contributed by atoms with Crippen molar-refractivity contribution in [1.29, 1.82) is 0 Å². The molecule has 1 saturated carbocycles. The Labute approximate surface area is 207 Å². The molecule has 6 heteroatoms. The number of ether oxygens (including phenoxy) is 2. The van der Waals surface area contributed by atoms with Gasteiger partial charge in [0.25, 0.3) is 0 Å². The standard InChI is InChI=1S/C29H35NO5/c1-20-9-7-8-12-26(20)35-29(3,28(31)32)19-22-13-15-24(16-14-22)33-18-17-25-21(2)34-27(30-25)23-10-5-4-6-11-23/h7-9,12-16,23H,4-6,10-11,17-19H2,1-3H3,(H,31,32). The quantitative estimate of drug-likeness (QED) is 0.363. The summed E-state index contributed by atoms with van der Waals surface area (Å²) in [6.07, 6.45) is 7.07. The predicted octanol–water partition coefficient (Wildman–Crippen LogP) is 6.43. The zero-order valence-electron chi connectivity index (χ0n) is 20.9. The normalized spacial score (nSPS) is 16.0. The highest BCUT2D eigenvalue weighted by molar-refractivity contribution is 5.78. The number of oxazole rings is 1. The first kappa shape index (κ1) is 24.8. The molecule has 1 heterocycles. The number of carboxylic acid groups (broad SMARTS) is 1. The van der Waals surface area contributed by atoms with Crippen LogP contribution in [0.3, 0.4) is 0 Å². The van der Waals surface area contributed by atoms with E-state index in [-0.39, 0.29) is 6.42 Å². The van der Waals surface area contributed by atoms with E-state index in [0.717, 1.165) is 34.2 Å². The first-order chi connectivity index (χ1) is 16.8. The summed E-state index contributed by atoms with van der Waals surface area (Å²) in [5, 5.41) is 9.87.